The van der Waals surface area contributed by atoms with Crippen molar-refractivity contribution in [2.24, 2.45) is 5.73 Å². The minimum Gasteiger partial charge on any atom is -0.389 e. The summed E-state index contributed by atoms with van der Waals surface area (Å²) < 4.78 is 13.5. The predicted molar refractivity (Wildman–Crippen MR) is 69.5 cm³/mol. The van der Waals surface area contributed by atoms with Gasteiger partial charge in [-0.15, -0.1) is 0 Å². The van der Waals surface area contributed by atoms with Gasteiger partial charge in [0, 0.05) is 25.6 Å². The topological polar surface area (TPSA) is 67.2 Å². The number of anilines is 1. The fourth-order valence-corrected chi connectivity index (χ4v) is 1.37. The largest absolute Gasteiger partial charge is 0.389 e. The van der Waals surface area contributed by atoms with Crippen LogP contribution in [0.25, 0.3) is 0 Å². The third kappa shape index (κ3) is 4.36. The highest BCUT2D eigenvalue weighted by atomic mass is 32.1. The van der Waals surface area contributed by atoms with Gasteiger partial charge in [-0.1, -0.05) is 12.2 Å². The van der Waals surface area contributed by atoms with E-state index in [9.17, 15) is 9.18 Å². The van der Waals surface area contributed by atoms with Crippen molar-refractivity contribution in [1.29, 1.82) is 0 Å². The Morgan fingerprint density at radius 3 is 2.71 bits per heavy atom. The third-order valence-electron chi connectivity index (χ3n) is 2.07. The Hall–Kier alpha value is -1.69. The Labute approximate surface area is 104 Å². The van der Waals surface area contributed by atoms with Gasteiger partial charge in [-0.2, -0.15) is 0 Å². The molecule has 92 valence electrons. The smallest absolute Gasteiger partial charge is 0.216 e. The van der Waals surface area contributed by atoms with Gasteiger partial charge in [-0.25, -0.2) is 4.39 Å². The first-order chi connectivity index (χ1) is 8.00. The van der Waals surface area contributed by atoms with E-state index < -0.39 is 5.82 Å². The molecule has 0 saturated carbocycles. The zero-order valence-corrected chi connectivity index (χ0v) is 10.2. The van der Waals surface area contributed by atoms with E-state index in [-0.39, 0.29) is 10.9 Å². The van der Waals surface area contributed by atoms with E-state index in [4.69, 9.17) is 18.0 Å². The molecule has 1 aromatic rings. The van der Waals surface area contributed by atoms with Crippen LogP contribution >= 0.6 is 12.2 Å². The molecule has 6 heteroatoms. The lowest BCUT2D eigenvalue weighted by Gasteiger charge is -2.09. The zero-order chi connectivity index (χ0) is 12.8. The van der Waals surface area contributed by atoms with Crippen molar-refractivity contribution in [2.75, 3.05) is 18.4 Å². The van der Waals surface area contributed by atoms with Crippen LogP contribution in [0.3, 0.4) is 0 Å². The fraction of sp³-hybridized carbons (Fsp3) is 0.273. The van der Waals surface area contributed by atoms with Gasteiger partial charge in [0.2, 0.25) is 5.91 Å². The molecule has 1 aromatic carbocycles. The summed E-state index contributed by atoms with van der Waals surface area (Å²) in [4.78, 5) is 10.8. The first-order valence-electron chi connectivity index (χ1n) is 5.08. The lowest BCUT2D eigenvalue weighted by molar-refractivity contribution is -0.118. The summed E-state index contributed by atoms with van der Waals surface area (Å²) in [5.41, 5.74) is 6.23. The molecule has 0 radical (unpaired) electrons. The zero-order valence-electron chi connectivity index (χ0n) is 9.42. The van der Waals surface area contributed by atoms with Crippen molar-refractivity contribution in [3.05, 3.63) is 29.6 Å². The van der Waals surface area contributed by atoms with Gasteiger partial charge < -0.3 is 16.4 Å². The van der Waals surface area contributed by atoms with Gasteiger partial charge in [-0.3, -0.25) is 4.79 Å². The Kier molecular flexibility index (Phi) is 4.84. The number of nitrogens with two attached hydrogens (primary N) is 1. The molecule has 0 atom stereocenters. The van der Waals surface area contributed by atoms with E-state index in [1.54, 1.807) is 12.1 Å². The molecule has 1 amide bonds. The van der Waals surface area contributed by atoms with Crippen LogP contribution in [0.15, 0.2) is 18.2 Å². The number of halogens is 1. The number of hydrogen-bond acceptors (Lipinski definition) is 3. The summed E-state index contributed by atoms with van der Waals surface area (Å²) in [5, 5.41) is 5.46. The fourth-order valence-electron chi connectivity index (χ4n) is 1.25. The van der Waals surface area contributed by atoms with Crippen LogP contribution in [-0.4, -0.2) is 24.0 Å². The average Bonchev–Trinajstić information content (AvgIpc) is 2.25. The van der Waals surface area contributed by atoms with Gasteiger partial charge in [0.1, 0.15) is 10.8 Å². The Morgan fingerprint density at radius 2 is 2.18 bits per heavy atom. The van der Waals surface area contributed by atoms with Crippen molar-refractivity contribution in [3.63, 3.8) is 0 Å². The Morgan fingerprint density at radius 1 is 1.47 bits per heavy atom. The molecule has 0 aliphatic rings. The first kappa shape index (κ1) is 13.4. The van der Waals surface area contributed by atoms with Crippen LogP contribution in [-0.2, 0) is 4.79 Å². The quantitative estimate of drug-likeness (QED) is 0.542. The van der Waals surface area contributed by atoms with E-state index in [0.717, 1.165) is 0 Å². The van der Waals surface area contributed by atoms with Crippen molar-refractivity contribution in [1.82, 2.24) is 5.32 Å². The lowest BCUT2D eigenvalue weighted by atomic mass is 10.2. The Balaban J connectivity index is 2.54. The number of rotatable bonds is 5. The molecule has 0 spiro atoms. The van der Waals surface area contributed by atoms with E-state index in [0.29, 0.717) is 24.3 Å². The predicted octanol–water partition coefficient (Wildman–Crippen LogP) is 1.01. The summed E-state index contributed by atoms with van der Waals surface area (Å²) in [7, 11) is 0. The third-order valence-corrected chi connectivity index (χ3v) is 2.30. The van der Waals surface area contributed by atoms with Crippen molar-refractivity contribution >= 4 is 28.8 Å². The van der Waals surface area contributed by atoms with Crippen LogP contribution in [0.5, 0.6) is 0 Å². The van der Waals surface area contributed by atoms with Crippen LogP contribution < -0.4 is 16.4 Å². The van der Waals surface area contributed by atoms with Gasteiger partial charge >= 0.3 is 0 Å². The molecule has 0 aromatic heterocycles. The minimum absolute atomic E-state index is 0.115. The second kappa shape index (κ2) is 6.15. The van der Waals surface area contributed by atoms with Gasteiger partial charge in [-0.05, 0) is 18.2 Å². The number of nitrogens with one attached hydrogen (secondary N) is 2. The number of hydrogen-bond donors (Lipinski definition) is 3. The van der Waals surface area contributed by atoms with Crippen molar-refractivity contribution in [2.45, 2.75) is 6.92 Å². The second-order valence-corrected chi connectivity index (χ2v) is 3.91. The standard InChI is InChI=1S/C11H14FN3OS/c1-7(16)14-4-5-15-10-3-2-8(11(13)17)6-9(10)12/h2-3,6,15H,4-5H2,1H3,(H2,13,17)(H,14,16). The maximum atomic E-state index is 13.5. The molecule has 17 heavy (non-hydrogen) atoms. The maximum Gasteiger partial charge on any atom is 0.216 e. The number of benzene rings is 1. The highest BCUT2D eigenvalue weighted by Gasteiger charge is 2.04. The van der Waals surface area contributed by atoms with E-state index in [1.165, 1.54) is 13.0 Å². The molecule has 4 N–H and O–H groups in total. The van der Waals surface area contributed by atoms with Crippen LogP contribution in [0.4, 0.5) is 10.1 Å². The SMILES string of the molecule is CC(=O)NCCNc1ccc(C(N)=S)cc1F. The molecular formula is C11H14FN3OS. The summed E-state index contributed by atoms with van der Waals surface area (Å²) in [6, 6.07) is 4.49. The Bertz CT molecular complexity index is 437. The normalized spacial score (nSPS) is 9.76. The summed E-state index contributed by atoms with van der Waals surface area (Å²) in [6.07, 6.45) is 0. The van der Waals surface area contributed by atoms with Crippen molar-refractivity contribution in [3.8, 4) is 0 Å². The first-order valence-corrected chi connectivity index (χ1v) is 5.49. The molecule has 0 bridgehead atoms. The molecule has 0 unspecified atom stereocenters. The maximum absolute atomic E-state index is 13.5. The summed E-state index contributed by atoms with van der Waals surface area (Å²) >= 11 is 4.74. The molecule has 4 nitrogen and oxygen atoms in total. The molecular weight excluding hydrogens is 241 g/mol. The highest BCUT2D eigenvalue weighted by Crippen LogP contribution is 2.15. The monoisotopic (exact) mass is 255 g/mol. The molecule has 0 aliphatic heterocycles. The van der Waals surface area contributed by atoms with Crippen molar-refractivity contribution < 1.29 is 9.18 Å². The number of amides is 1. The van der Waals surface area contributed by atoms with Crippen LogP contribution in [0.1, 0.15) is 12.5 Å². The summed E-state index contributed by atoms with van der Waals surface area (Å²) in [5.74, 6) is -0.533. The van der Waals surface area contributed by atoms with E-state index in [1.807, 2.05) is 0 Å². The molecule has 0 saturated heterocycles. The van der Waals surface area contributed by atoms with Crippen LogP contribution in [0.2, 0.25) is 0 Å². The van der Waals surface area contributed by atoms with Gasteiger partial charge in [0.25, 0.3) is 0 Å². The highest BCUT2D eigenvalue weighted by molar-refractivity contribution is 7.80. The van der Waals surface area contributed by atoms with E-state index >= 15 is 0 Å². The van der Waals surface area contributed by atoms with Crippen LogP contribution in [0, 0.1) is 5.82 Å². The molecule has 0 aliphatic carbocycles. The van der Waals surface area contributed by atoms with E-state index in [2.05, 4.69) is 10.6 Å². The lowest BCUT2D eigenvalue weighted by Crippen LogP contribution is -2.26. The number of thiocarbonyl (C=S) groups is 1. The molecule has 0 heterocycles. The minimum atomic E-state index is -0.418. The average molecular weight is 255 g/mol. The summed E-state index contributed by atoms with van der Waals surface area (Å²) in [6.45, 7) is 2.31. The molecule has 0 fully saturated rings. The number of carbonyl (C=O) groups is 1. The van der Waals surface area contributed by atoms with Gasteiger partial charge in [0.15, 0.2) is 0 Å². The number of carbonyl (C=O) groups excluding carboxylic acids is 1. The molecule has 1 rings (SSSR count). The van der Waals surface area contributed by atoms with Gasteiger partial charge in [0.05, 0.1) is 5.69 Å². The second-order valence-electron chi connectivity index (χ2n) is 3.47.